The fourth-order valence-electron chi connectivity index (χ4n) is 3.92. The van der Waals surface area contributed by atoms with Gasteiger partial charge in [-0.05, 0) is 71.3 Å². The van der Waals surface area contributed by atoms with Crippen LogP contribution in [0.15, 0.2) is 41.5 Å². The Morgan fingerprint density at radius 2 is 1.41 bits per heavy atom. The topological polar surface area (TPSA) is 64.2 Å². The maximum absolute atomic E-state index is 15.1. The first kappa shape index (κ1) is 23.7. The Balaban J connectivity index is 1.71. The summed E-state index contributed by atoms with van der Waals surface area (Å²) in [6.45, 7) is 0.336. The van der Waals surface area contributed by atoms with Gasteiger partial charge in [0.25, 0.3) is 17.7 Å². The number of likely N-dealkylation sites (N-methyl/N-ethyl adjacent to an activating group) is 4. The van der Waals surface area contributed by atoms with Gasteiger partial charge in [-0.15, -0.1) is 0 Å². The number of amides is 3. The van der Waals surface area contributed by atoms with Crippen molar-refractivity contribution in [3.8, 4) is 0 Å². The van der Waals surface area contributed by atoms with E-state index >= 15 is 4.39 Å². The summed E-state index contributed by atoms with van der Waals surface area (Å²) in [5.74, 6) is -1.73. The number of nitrogens with zero attached hydrogens (tertiary/aromatic N) is 4. The van der Waals surface area contributed by atoms with Crippen LogP contribution >= 0.6 is 24.4 Å². The van der Waals surface area contributed by atoms with E-state index in [9.17, 15) is 14.4 Å². The molecule has 4 rings (SSSR count). The van der Waals surface area contributed by atoms with Crippen molar-refractivity contribution in [3.63, 3.8) is 0 Å². The number of rotatable bonds is 2. The molecule has 10 heteroatoms. The highest BCUT2D eigenvalue weighted by atomic mass is 32.1. The molecule has 0 atom stereocenters. The van der Waals surface area contributed by atoms with Crippen molar-refractivity contribution in [1.29, 1.82) is 0 Å². The van der Waals surface area contributed by atoms with Gasteiger partial charge < -0.3 is 4.90 Å². The van der Waals surface area contributed by atoms with Gasteiger partial charge in [-0.3, -0.25) is 29.1 Å². The largest absolute Gasteiger partial charge is 0.347 e. The van der Waals surface area contributed by atoms with Crippen molar-refractivity contribution in [2.75, 3.05) is 34.7 Å². The van der Waals surface area contributed by atoms with Gasteiger partial charge >= 0.3 is 0 Å². The number of fused-ring (bicyclic) bond motifs is 1. The van der Waals surface area contributed by atoms with Crippen molar-refractivity contribution in [3.05, 3.63) is 58.4 Å². The summed E-state index contributed by atoms with van der Waals surface area (Å²) < 4.78 is 15.1. The van der Waals surface area contributed by atoms with Crippen LogP contribution in [-0.4, -0.2) is 82.3 Å². The third kappa shape index (κ3) is 3.99. The van der Waals surface area contributed by atoms with E-state index in [2.05, 4.69) is 0 Å². The lowest BCUT2D eigenvalue weighted by Crippen LogP contribution is -2.52. The van der Waals surface area contributed by atoms with Crippen LogP contribution in [0.3, 0.4) is 0 Å². The molecule has 0 aromatic heterocycles. The second kappa shape index (κ2) is 8.69. The lowest BCUT2D eigenvalue weighted by molar-refractivity contribution is -0.132. The van der Waals surface area contributed by atoms with Crippen LogP contribution in [0.1, 0.15) is 11.1 Å². The maximum atomic E-state index is 15.1. The van der Waals surface area contributed by atoms with Gasteiger partial charge in [-0.2, -0.15) is 0 Å². The third-order valence-corrected chi connectivity index (χ3v) is 6.98. The highest BCUT2D eigenvalue weighted by Gasteiger charge is 2.35. The van der Waals surface area contributed by atoms with Crippen LogP contribution in [0.2, 0.25) is 0 Å². The molecular weight excluding hydrogens is 475 g/mol. The minimum absolute atomic E-state index is 0.0540. The van der Waals surface area contributed by atoms with Gasteiger partial charge in [0.1, 0.15) is 11.4 Å². The van der Waals surface area contributed by atoms with Crippen molar-refractivity contribution >= 4 is 75.3 Å². The molecule has 174 valence electrons. The quantitative estimate of drug-likeness (QED) is 0.362. The molecule has 2 aromatic rings. The lowest BCUT2D eigenvalue weighted by Gasteiger charge is -2.33. The molecule has 2 saturated heterocycles. The molecule has 0 saturated carbocycles. The molecule has 2 aliphatic rings. The fourth-order valence-corrected chi connectivity index (χ4v) is 4.24. The molecule has 0 unspecified atom stereocenters. The summed E-state index contributed by atoms with van der Waals surface area (Å²) in [5.41, 5.74) is 1.49. The van der Waals surface area contributed by atoms with Crippen LogP contribution in [0, 0.1) is 5.82 Å². The molecule has 7 nitrogen and oxygen atoms in total. The number of hydrogen-bond acceptors (Lipinski definition) is 5. The summed E-state index contributed by atoms with van der Waals surface area (Å²) in [6.07, 6.45) is 3.09. The van der Waals surface area contributed by atoms with Gasteiger partial charge in [0.2, 0.25) is 0 Å². The molecule has 0 radical (unpaired) electrons. The number of halogens is 1. The Kier molecular flexibility index (Phi) is 6.05. The summed E-state index contributed by atoms with van der Waals surface area (Å²) in [6, 6.07) is 8.11. The van der Waals surface area contributed by atoms with Gasteiger partial charge in [0, 0.05) is 39.2 Å². The first-order chi connectivity index (χ1) is 16.0. The first-order valence-electron chi connectivity index (χ1n) is 10.3. The van der Waals surface area contributed by atoms with Gasteiger partial charge in [0.05, 0.1) is 6.54 Å². The minimum atomic E-state index is -0.512. The molecule has 0 N–H and O–H groups in total. The Hall–Kier alpha value is -3.50. The van der Waals surface area contributed by atoms with Crippen LogP contribution in [-0.2, 0) is 14.4 Å². The number of thiocarbonyl (C=S) groups is 2. The van der Waals surface area contributed by atoms with E-state index in [1.54, 1.807) is 49.3 Å². The van der Waals surface area contributed by atoms with Crippen LogP contribution in [0.5, 0.6) is 0 Å². The van der Waals surface area contributed by atoms with Gasteiger partial charge in [-0.25, -0.2) is 4.39 Å². The Morgan fingerprint density at radius 1 is 0.794 bits per heavy atom. The van der Waals surface area contributed by atoms with Crippen LogP contribution in [0.4, 0.5) is 4.39 Å². The van der Waals surface area contributed by atoms with E-state index in [4.69, 9.17) is 24.4 Å². The monoisotopic (exact) mass is 496 g/mol. The number of carbonyl (C=O) groups excluding carboxylic acids is 3. The molecule has 2 aliphatic heterocycles. The summed E-state index contributed by atoms with van der Waals surface area (Å²) in [5, 5.41) is 1.50. The molecule has 0 bridgehead atoms. The van der Waals surface area contributed by atoms with E-state index in [1.165, 1.54) is 40.9 Å². The number of hydrogen-bond donors (Lipinski definition) is 0. The Morgan fingerprint density at radius 3 is 2.06 bits per heavy atom. The highest BCUT2D eigenvalue weighted by molar-refractivity contribution is 7.80. The van der Waals surface area contributed by atoms with E-state index in [-0.39, 0.29) is 16.6 Å². The highest BCUT2D eigenvalue weighted by Crippen LogP contribution is 2.26. The van der Waals surface area contributed by atoms with E-state index in [0.717, 1.165) is 0 Å². The molecule has 0 spiro atoms. The maximum Gasteiger partial charge on any atom is 0.265 e. The fraction of sp³-hybridized carbons (Fsp3) is 0.208. The Labute approximate surface area is 206 Å². The molecular formula is C24H21FN4O3S2. The molecule has 34 heavy (non-hydrogen) atoms. The summed E-state index contributed by atoms with van der Waals surface area (Å²) in [4.78, 5) is 43.3. The molecule has 2 aromatic carbocycles. The predicted molar refractivity (Wildman–Crippen MR) is 136 cm³/mol. The normalized spacial score (nSPS) is 18.7. The van der Waals surface area contributed by atoms with Crippen molar-refractivity contribution < 1.29 is 18.8 Å². The smallest absolute Gasteiger partial charge is 0.265 e. The van der Waals surface area contributed by atoms with Crippen LogP contribution < -0.4 is 0 Å². The van der Waals surface area contributed by atoms with E-state index in [1.807, 2.05) is 0 Å². The number of benzene rings is 2. The van der Waals surface area contributed by atoms with Gasteiger partial charge in [0.15, 0.2) is 10.2 Å². The zero-order valence-electron chi connectivity index (χ0n) is 19.0. The molecule has 2 fully saturated rings. The average molecular weight is 497 g/mol. The zero-order chi connectivity index (χ0) is 24.9. The number of carbonyl (C=O) groups is 3. The van der Waals surface area contributed by atoms with Crippen LogP contribution in [0.25, 0.3) is 22.9 Å². The zero-order valence-corrected chi connectivity index (χ0v) is 20.6. The van der Waals surface area contributed by atoms with Gasteiger partial charge in [-0.1, -0.05) is 12.1 Å². The minimum Gasteiger partial charge on any atom is -0.347 e. The van der Waals surface area contributed by atoms with E-state index < -0.39 is 17.6 Å². The van der Waals surface area contributed by atoms with Crippen molar-refractivity contribution in [2.45, 2.75) is 0 Å². The predicted octanol–water partition coefficient (Wildman–Crippen LogP) is 2.65. The molecule has 3 amide bonds. The van der Waals surface area contributed by atoms with Crippen molar-refractivity contribution in [1.82, 2.24) is 19.6 Å². The second-order valence-electron chi connectivity index (χ2n) is 8.22. The SMILES string of the molecule is CN1C/C(=C\c2cc(F)c3cc(C=C4C(=O)N(C)C(=S)N(C)C4=O)ccc3c2)C(=O)N(C)C1=S. The average Bonchev–Trinajstić information content (AvgIpc) is 2.81. The summed E-state index contributed by atoms with van der Waals surface area (Å²) >= 11 is 10.3. The summed E-state index contributed by atoms with van der Waals surface area (Å²) in [7, 11) is 6.40. The van der Waals surface area contributed by atoms with Crippen molar-refractivity contribution in [2.24, 2.45) is 0 Å². The first-order valence-corrected chi connectivity index (χ1v) is 11.1. The lowest BCUT2D eigenvalue weighted by atomic mass is 10.00. The molecule has 0 aliphatic carbocycles. The standard InChI is InChI=1S/C24H21FN4O3S2/c1-26-12-16(20(30)27(2)23(26)33)8-14-7-15-6-5-13(9-17(15)19(25)11-14)10-18-21(31)28(3)24(34)29(4)22(18)32/h5-11H,12H2,1-4H3/b16-8+. The third-order valence-electron chi connectivity index (χ3n) is 5.85. The second-order valence-corrected chi connectivity index (χ2v) is 8.95. The molecule has 2 heterocycles. The van der Waals surface area contributed by atoms with E-state index in [0.29, 0.717) is 39.1 Å². The Bertz CT molecular complexity index is 1340.